The second-order valence-electron chi connectivity index (χ2n) is 18.6. The number of hydrogen-bond acceptors (Lipinski definition) is 16. The predicted molar refractivity (Wildman–Crippen MR) is 258 cm³/mol. The fourth-order valence-electron chi connectivity index (χ4n) is 9.65. The summed E-state index contributed by atoms with van der Waals surface area (Å²) in [6.45, 7) is 19.5. The fourth-order valence-corrected chi connectivity index (χ4v) is 9.65. The lowest BCUT2D eigenvalue weighted by molar-refractivity contribution is -0.112. The third-order valence-electron chi connectivity index (χ3n) is 14.1. The number of allylic oxidation sites excluding steroid dienone is 2. The summed E-state index contributed by atoms with van der Waals surface area (Å²) in [5.41, 5.74) is 0.980. The number of nitrogens with one attached hydrogen (secondary N) is 1. The van der Waals surface area contributed by atoms with E-state index >= 15 is 4.79 Å². The van der Waals surface area contributed by atoms with Gasteiger partial charge in [-0.2, -0.15) is 0 Å². The quantitative estimate of drug-likeness (QED) is 0.108. The average Bonchev–Trinajstić information content (AvgIpc) is 3.59. The molecule has 68 heavy (non-hydrogen) atoms. The number of benzene rings is 3. The van der Waals surface area contributed by atoms with Gasteiger partial charge >= 0.3 is 5.79 Å². The smallest absolute Gasteiger partial charge is 0.312 e. The number of nitrogens with zero attached hydrogens (tertiary/aromatic N) is 3. The lowest BCUT2D eigenvalue weighted by Crippen LogP contribution is -2.47. The molecule has 2 aromatic rings. The zero-order chi connectivity index (χ0) is 49.5. The molecule has 6 aliphatic rings. The summed E-state index contributed by atoms with van der Waals surface area (Å²) in [5, 5.41) is 48.7. The van der Waals surface area contributed by atoms with Crippen molar-refractivity contribution in [2.45, 2.75) is 92.5 Å². The third-order valence-corrected chi connectivity index (χ3v) is 14.1. The molecule has 5 bridgehead atoms. The number of aliphatic hydroxyl groups excluding tert-OH is 3. The molecule has 2 aromatic carbocycles. The lowest BCUT2D eigenvalue weighted by atomic mass is 9.78. The van der Waals surface area contributed by atoms with E-state index in [1.54, 1.807) is 53.9 Å². The van der Waals surface area contributed by atoms with Crippen LogP contribution in [-0.2, 0) is 19.0 Å². The zero-order valence-corrected chi connectivity index (χ0v) is 40.8. The number of rotatable bonds is 7. The number of aryl methyl sites for hydroxylation is 1. The number of carbonyl (C=O) groups excluding carboxylic acids is 2. The number of phenolic OH excluding ortho intramolecular Hbond substituents is 1. The number of anilines is 2. The van der Waals surface area contributed by atoms with E-state index in [1.165, 1.54) is 39.4 Å². The molecule has 8 rings (SSSR count). The van der Waals surface area contributed by atoms with Gasteiger partial charge in [0, 0.05) is 94.1 Å². The van der Waals surface area contributed by atoms with E-state index in [0.717, 1.165) is 25.2 Å². The van der Waals surface area contributed by atoms with Gasteiger partial charge in [0.15, 0.2) is 17.1 Å². The van der Waals surface area contributed by atoms with Crippen molar-refractivity contribution in [1.82, 2.24) is 9.88 Å². The number of methoxy groups -OCH3 is 2. The number of carbonyl (C=O) groups is 2. The lowest BCUT2D eigenvalue weighted by Gasteiger charge is -2.36. The maximum Gasteiger partial charge on any atom is 0.312 e. The SMILES string of the molecule is CCOc1c(C)cc(N2CCN(CCOC)CC2)c2nc3c4c5c6c(C)c(O)c4c(=O)c(c-3oc12)NC(=O)/C(C)=C\C=C\[C@H](C)[C@H](O)[C@@H](C)[C@@H](O)[C@@H](C)[C@H](O)[C@H](C)[C@@H](OC)/C=C/O[C@@](C)(O6)C5=O. The Balaban J connectivity index is 1.49. The number of amides is 1. The molecule has 9 atom stereocenters. The summed E-state index contributed by atoms with van der Waals surface area (Å²) < 4.78 is 36.5. The number of aromatic hydroxyl groups is 1. The van der Waals surface area contributed by atoms with Crippen LogP contribution in [0, 0.1) is 37.5 Å². The summed E-state index contributed by atoms with van der Waals surface area (Å²) in [6.07, 6.45) is 3.53. The molecule has 1 amide bonds. The maximum atomic E-state index is 15.0. The topological polar surface area (TPSA) is 223 Å². The third kappa shape index (κ3) is 9.07. The molecule has 0 aromatic heterocycles. The highest BCUT2D eigenvalue weighted by Gasteiger charge is 2.50. The first-order valence-electron chi connectivity index (χ1n) is 23.3. The highest BCUT2D eigenvalue weighted by Crippen LogP contribution is 2.51. The molecule has 5 heterocycles. The molecule has 1 fully saturated rings. The van der Waals surface area contributed by atoms with Crippen molar-refractivity contribution in [2.24, 2.45) is 23.7 Å². The molecule has 5 aliphatic heterocycles. The van der Waals surface area contributed by atoms with E-state index in [9.17, 15) is 30.0 Å². The molecule has 0 spiro atoms. The van der Waals surface area contributed by atoms with Crippen LogP contribution in [0.5, 0.6) is 17.2 Å². The largest absolute Gasteiger partial charge is 0.507 e. The average molecular weight is 943 g/mol. The van der Waals surface area contributed by atoms with Gasteiger partial charge in [-0.25, -0.2) is 4.98 Å². The molecule has 0 radical (unpaired) electrons. The Morgan fingerprint density at radius 1 is 0.926 bits per heavy atom. The summed E-state index contributed by atoms with van der Waals surface area (Å²) in [5.74, 6) is -6.25. The fraction of sp³-hybridized carbons (Fsp3) is 0.529. The second kappa shape index (κ2) is 20.2. The van der Waals surface area contributed by atoms with Crippen molar-refractivity contribution >= 4 is 44.9 Å². The molecule has 17 heteroatoms. The highest BCUT2D eigenvalue weighted by atomic mass is 16.7. The first-order valence-corrected chi connectivity index (χ1v) is 23.3. The second-order valence-corrected chi connectivity index (χ2v) is 18.6. The Bertz CT molecular complexity index is 2690. The Morgan fingerprint density at radius 2 is 1.60 bits per heavy atom. The summed E-state index contributed by atoms with van der Waals surface area (Å²) in [4.78, 5) is 53.9. The maximum absolute atomic E-state index is 15.0. The Hall–Kier alpha value is -5.56. The van der Waals surface area contributed by atoms with Gasteiger partial charge in [0.2, 0.25) is 5.43 Å². The van der Waals surface area contributed by atoms with Crippen molar-refractivity contribution in [3.05, 3.63) is 69.1 Å². The predicted octanol–water partition coefficient (Wildman–Crippen LogP) is 5.85. The van der Waals surface area contributed by atoms with Gasteiger partial charge in [-0.05, 0) is 45.4 Å². The van der Waals surface area contributed by atoms with Gasteiger partial charge in [0.05, 0.1) is 60.5 Å². The number of aliphatic hydroxyl groups is 3. The molecule has 5 N–H and O–H groups in total. The summed E-state index contributed by atoms with van der Waals surface area (Å²) >= 11 is 0. The van der Waals surface area contributed by atoms with Crippen molar-refractivity contribution in [2.75, 3.05) is 70.4 Å². The molecule has 368 valence electrons. The van der Waals surface area contributed by atoms with Crippen LogP contribution in [0.2, 0.25) is 0 Å². The van der Waals surface area contributed by atoms with Crippen LogP contribution in [0.4, 0.5) is 11.4 Å². The van der Waals surface area contributed by atoms with E-state index < -0.39 is 76.7 Å². The van der Waals surface area contributed by atoms with Crippen LogP contribution in [0.15, 0.2) is 51.4 Å². The van der Waals surface area contributed by atoms with Crippen LogP contribution < -0.4 is 25.1 Å². The number of ether oxygens (including phenoxy) is 5. The number of phenols is 1. The van der Waals surface area contributed by atoms with Gasteiger partial charge in [0.25, 0.3) is 11.7 Å². The standard InChI is InChI=1S/C51H66N4O13/c1-12-65-45-27(4)24-32(55-19-17-54(18-20-55)21-23-63-10)37-48(45)67-47-38(52-37)34-35-43(59)31(8)46-36(34)49(61)51(9,68-46)66-22-16-33(64-11)28(5)41(57)30(7)42(58)29(6)40(56)25(2)14-13-15-26(3)50(62)53-39(47)44(35)60/h13-16,22,24-25,28-30,33,40-42,56-59H,12,17-21,23H2,1-11H3,(H,53,62)/b14-13+,22-16+,26-15-/t25-,28+,29+,30-,33-,40-,41+,42+,51-/m0/s1. The van der Waals surface area contributed by atoms with Crippen LogP contribution in [0.3, 0.4) is 0 Å². The minimum atomic E-state index is -2.04. The Morgan fingerprint density at radius 3 is 2.26 bits per heavy atom. The van der Waals surface area contributed by atoms with Crippen LogP contribution in [0.25, 0.3) is 33.3 Å². The van der Waals surface area contributed by atoms with Crippen LogP contribution in [0.1, 0.15) is 70.0 Å². The Labute approximate surface area is 396 Å². The van der Waals surface area contributed by atoms with Crippen molar-refractivity contribution < 1.29 is 58.1 Å². The van der Waals surface area contributed by atoms with Crippen molar-refractivity contribution in [3.8, 4) is 28.7 Å². The monoisotopic (exact) mass is 942 g/mol. The zero-order valence-electron chi connectivity index (χ0n) is 40.8. The number of ketones is 1. The summed E-state index contributed by atoms with van der Waals surface area (Å²) in [7, 11) is 3.13. The van der Waals surface area contributed by atoms with Crippen LogP contribution >= 0.6 is 0 Å². The first kappa shape index (κ1) is 50.3. The molecule has 17 nitrogen and oxygen atoms in total. The molecule has 1 aliphatic carbocycles. The minimum Gasteiger partial charge on any atom is -0.507 e. The number of Topliss-reactive ketones (excluding diaryl/α,β-unsaturated/α-hetero) is 1. The van der Waals surface area contributed by atoms with Crippen LogP contribution in [-0.4, -0.2) is 132 Å². The number of aromatic nitrogens is 1. The van der Waals surface area contributed by atoms with Gasteiger partial charge < -0.3 is 58.7 Å². The van der Waals surface area contributed by atoms with E-state index in [1.807, 2.05) is 19.9 Å². The minimum absolute atomic E-state index is 0.0107. The van der Waals surface area contributed by atoms with Crippen molar-refractivity contribution in [3.63, 3.8) is 0 Å². The molecule has 0 saturated carbocycles. The normalized spacial score (nSPS) is 29.5. The highest BCUT2D eigenvalue weighted by molar-refractivity contribution is 6.22. The number of fused-ring (bicyclic) bond motifs is 14. The molecule has 0 unspecified atom stereocenters. The van der Waals surface area contributed by atoms with Gasteiger partial charge in [-0.3, -0.25) is 19.3 Å². The van der Waals surface area contributed by atoms with Crippen molar-refractivity contribution in [1.29, 1.82) is 0 Å². The molecular weight excluding hydrogens is 877 g/mol. The van der Waals surface area contributed by atoms with Gasteiger partial charge in [-0.15, -0.1) is 0 Å². The van der Waals surface area contributed by atoms with E-state index in [-0.39, 0.29) is 62.6 Å². The number of hydrogen-bond donors (Lipinski definition) is 5. The Kier molecular flexibility index (Phi) is 14.9. The van der Waals surface area contributed by atoms with E-state index in [0.29, 0.717) is 36.6 Å². The molecule has 1 saturated heterocycles. The van der Waals surface area contributed by atoms with E-state index in [4.69, 9.17) is 33.1 Å². The van der Waals surface area contributed by atoms with E-state index in [2.05, 4.69) is 15.1 Å². The number of piperazine rings is 1. The molecular formula is C51H66N4O13. The van der Waals surface area contributed by atoms with Gasteiger partial charge in [-0.1, -0.05) is 45.9 Å². The summed E-state index contributed by atoms with van der Waals surface area (Å²) in [6, 6.07) is 1.97. The van der Waals surface area contributed by atoms with Gasteiger partial charge in [0.1, 0.15) is 28.4 Å². The first-order chi connectivity index (χ1) is 32.3.